The number of rotatable bonds is 10. The van der Waals surface area contributed by atoms with Crippen LogP contribution in [-0.2, 0) is 18.6 Å². The van der Waals surface area contributed by atoms with Crippen molar-refractivity contribution in [2.24, 2.45) is 0 Å². The number of ether oxygens (including phenoxy) is 1. The van der Waals surface area contributed by atoms with E-state index in [2.05, 4.69) is 11.4 Å². The van der Waals surface area contributed by atoms with E-state index in [9.17, 15) is 9.36 Å². The Kier molecular flexibility index (Phi) is 9.79. The summed E-state index contributed by atoms with van der Waals surface area (Å²) in [5.41, 5.74) is 0.421. The number of carbonyl (C=O) groups excluding carboxylic acids is 1. The molecule has 0 atom stereocenters. The highest BCUT2D eigenvalue weighted by molar-refractivity contribution is 7.46. The Bertz CT molecular complexity index is 333. The largest absolute Gasteiger partial charge is 0.469 e. The van der Waals surface area contributed by atoms with E-state index in [0.717, 1.165) is 25.7 Å². The van der Waals surface area contributed by atoms with Crippen molar-refractivity contribution in [3.63, 3.8) is 0 Å². The molecular weight excluding hydrogens is 271 g/mol. The molecule has 0 bridgehead atoms. The summed E-state index contributed by atoms with van der Waals surface area (Å²) in [5.74, 6) is -0.396. The van der Waals surface area contributed by atoms with Gasteiger partial charge in [-0.2, -0.15) is 0 Å². The molecule has 0 amide bonds. The predicted molar refractivity (Wildman–Crippen MR) is 71.5 cm³/mol. The average molecular weight is 294 g/mol. The van der Waals surface area contributed by atoms with Crippen LogP contribution in [0.5, 0.6) is 0 Å². The van der Waals surface area contributed by atoms with Crippen LogP contribution in [0, 0.1) is 0 Å². The number of phosphoric ester groups is 1. The van der Waals surface area contributed by atoms with Gasteiger partial charge in [-0.15, -0.1) is 0 Å². The van der Waals surface area contributed by atoms with E-state index in [1.54, 1.807) is 13.0 Å². The number of unbranched alkanes of at least 4 members (excludes halogenated alkanes) is 3. The zero-order chi connectivity index (χ0) is 14.7. The zero-order valence-corrected chi connectivity index (χ0v) is 12.4. The summed E-state index contributed by atoms with van der Waals surface area (Å²) >= 11 is 0. The molecule has 0 fully saturated rings. The van der Waals surface area contributed by atoms with Gasteiger partial charge in [0.25, 0.3) is 0 Å². The van der Waals surface area contributed by atoms with Crippen molar-refractivity contribution >= 4 is 13.8 Å². The molecule has 0 aromatic heterocycles. The van der Waals surface area contributed by atoms with Crippen LogP contribution in [0.15, 0.2) is 11.6 Å². The Hall–Kier alpha value is -0.680. The first-order valence-corrected chi connectivity index (χ1v) is 7.94. The van der Waals surface area contributed by atoms with E-state index < -0.39 is 13.8 Å². The lowest BCUT2D eigenvalue weighted by molar-refractivity contribution is -0.139. The molecule has 0 aromatic rings. The zero-order valence-electron chi connectivity index (χ0n) is 11.5. The predicted octanol–water partition coefficient (Wildman–Crippen LogP) is 2.56. The van der Waals surface area contributed by atoms with Crippen molar-refractivity contribution in [2.75, 3.05) is 13.2 Å². The minimum Gasteiger partial charge on any atom is -0.462 e. The van der Waals surface area contributed by atoms with Crippen LogP contribution in [0.4, 0.5) is 0 Å². The first-order valence-electron chi connectivity index (χ1n) is 6.40. The highest BCUT2D eigenvalue weighted by Gasteiger charge is 2.12. The standard InChI is InChI=1S/C12H23O6P/c1-3-4-5-6-9-17-12(13)11(2)8-7-10-18-19(14,15)16/h8H,3-7,9-10H2,1-2H3,(H2,14,15,16). The molecule has 2 N–H and O–H groups in total. The summed E-state index contributed by atoms with van der Waals surface area (Å²) in [6, 6.07) is 0. The Labute approximate surface area is 114 Å². The highest BCUT2D eigenvalue weighted by atomic mass is 31.2. The Morgan fingerprint density at radius 1 is 1.21 bits per heavy atom. The van der Waals surface area contributed by atoms with Gasteiger partial charge in [0.2, 0.25) is 0 Å². The van der Waals surface area contributed by atoms with Gasteiger partial charge >= 0.3 is 13.8 Å². The molecule has 7 heteroatoms. The SMILES string of the molecule is CCCCCCOC(=O)C(C)=CCCOP(=O)(O)O. The fourth-order valence-electron chi connectivity index (χ4n) is 1.34. The molecule has 112 valence electrons. The molecule has 0 spiro atoms. The lowest BCUT2D eigenvalue weighted by atomic mass is 10.2. The van der Waals surface area contributed by atoms with Crippen LogP contribution >= 0.6 is 7.82 Å². The molecule has 0 radical (unpaired) electrons. The van der Waals surface area contributed by atoms with Gasteiger partial charge in [-0.25, -0.2) is 9.36 Å². The molecule has 0 unspecified atom stereocenters. The number of hydrogen-bond donors (Lipinski definition) is 2. The van der Waals surface area contributed by atoms with Gasteiger partial charge in [0.15, 0.2) is 0 Å². The van der Waals surface area contributed by atoms with Crippen LogP contribution in [0.1, 0.15) is 46.0 Å². The lowest BCUT2D eigenvalue weighted by Gasteiger charge is -2.05. The van der Waals surface area contributed by atoms with E-state index in [0.29, 0.717) is 12.2 Å². The lowest BCUT2D eigenvalue weighted by Crippen LogP contribution is -2.07. The molecular formula is C12H23O6P. The van der Waals surface area contributed by atoms with Gasteiger partial charge in [-0.3, -0.25) is 4.52 Å². The van der Waals surface area contributed by atoms with E-state index in [-0.39, 0.29) is 13.0 Å². The Balaban J connectivity index is 3.76. The van der Waals surface area contributed by atoms with Crippen molar-refractivity contribution < 1.29 is 28.4 Å². The number of phosphoric acid groups is 1. The quantitative estimate of drug-likeness (QED) is 0.278. The summed E-state index contributed by atoms with van der Waals surface area (Å²) in [4.78, 5) is 28.4. The van der Waals surface area contributed by atoms with Gasteiger partial charge in [-0.1, -0.05) is 32.3 Å². The molecule has 0 aliphatic carbocycles. The summed E-state index contributed by atoms with van der Waals surface area (Å²) in [5, 5.41) is 0. The number of carbonyl (C=O) groups is 1. The van der Waals surface area contributed by atoms with Crippen LogP contribution in [-0.4, -0.2) is 29.0 Å². The molecule has 0 saturated heterocycles. The van der Waals surface area contributed by atoms with Gasteiger partial charge < -0.3 is 14.5 Å². The molecule has 0 aromatic carbocycles. The van der Waals surface area contributed by atoms with Crippen LogP contribution in [0.25, 0.3) is 0 Å². The third-order valence-electron chi connectivity index (χ3n) is 2.38. The van der Waals surface area contributed by atoms with E-state index in [1.165, 1.54) is 0 Å². The molecule has 6 nitrogen and oxygen atoms in total. The second kappa shape index (κ2) is 10.1. The first kappa shape index (κ1) is 18.3. The topological polar surface area (TPSA) is 93.1 Å². The van der Waals surface area contributed by atoms with Crippen molar-refractivity contribution in [1.82, 2.24) is 0 Å². The third kappa shape index (κ3) is 12.1. The second-order valence-corrected chi connectivity index (χ2v) is 5.44. The summed E-state index contributed by atoms with van der Waals surface area (Å²) in [6.45, 7) is 3.98. The highest BCUT2D eigenvalue weighted by Crippen LogP contribution is 2.35. The van der Waals surface area contributed by atoms with Crippen LogP contribution < -0.4 is 0 Å². The molecule has 0 aliphatic heterocycles. The second-order valence-electron chi connectivity index (χ2n) is 4.20. The summed E-state index contributed by atoms with van der Waals surface area (Å²) in [6.07, 6.45) is 5.96. The monoisotopic (exact) mass is 294 g/mol. The maximum Gasteiger partial charge on any atom is 0.469 e. The maximum absolute atomic E-state index is 11.5. The smallest absolute Gasteiger partial charge is 0.462 e. The minimum absolute atomic E-state index is 0.134. The van der Waals surface area contributed by atoms with Crippen molar-refractivity contribution in [3.05, 3.63) is 11.6 Å². The van der Waals surface area contributed by atoms with Crippen molar-refractivity contribution in [3.8, 4) is 0 Å². The summed E-state index contributed by atoms with van der Waals surface area (Å²) < 4.78 is 19.7. The molecule has 19 heavy (non-hydrogen) atoms. The fraction of sp³-hybridized carbons (Fsp3) is 0.750. The Morgan fingerprint density at radius 2 is 1.89 bits per heavy atom. The number of esters is 1. The van der Waals surface area contributed by atoms with Crippen LogP contribution in [0.3, 0.4) is 0 Å². The molecule has 0 aliphatic rings. The van der Waals surface area contributed by atoms with Crippen molar-refractivity contribution in [2.45, 2.75) is 46.0 Å². The number of hydrogen-bond acceptors (Lipinski definition) is 4. The third-order valence-corrected chi connectivity index (χ3v) is 2.90. The van der Waals surface area contributed by atoms with Gasteiger partial charge in [0.1, 0.15) is 0 Å². The molecule has 0 heterocycles. The fourth-order valence-corrected chi connectivity index (χ4v) is 1.68. The maximum atomic E-state index is 11.5. The van der Waals surface area contributed by atoms with Gasteiger partial charge in [-0.05, 0) is 19.8 Å². The van der Waals surface area contributed by atoms with E-state index in [4.69, 9.17) is 14.5 Å². The average Bonchev–Trinajstić information content (AvgIpc) is 2.32. The molecule has 0 rings (SSSR count). The first-order chi connectivity index (χ1) is 8.87. The minimum atomic E-state index is -4.42. The molecule has 0 saturated carbocycles. The van der Waals surface area contributed by atoms with Gasteiger partial charge in [0, 0.05) is 5.57 Å². The van der Waals surface area contributed by atoms with E-state index >= 15 is 0 Å². The van der Waals surface area contributed by atoms with E-state index in [1.807, 2.05) is 0 Å². The van der Waals surface area contributed by atoms with Crippen LogP contribution in [0.2, 0.25) is 0 Å². The Morgan fingerprint density at radius 3 is 2.47 bits per heavy atom. The normalized spacial score (nSPS) is 12.5. The van der Waals surface area contributed by atoms with Gasteiger partial charge in [0.05, 0.1) is 13.2 Å². The summed E-state index contributed by atoms with van der Waals surface area (Å²) in [7, 11) is -4.42. The van der Waals surface area contributed by atoms with Crippen molar-refractivity contribution in [1.29, 1.82) is 0 Å².